The first-order valence-corrected chi connectivity index (χ1v) is 6.23. The van der Waals surface area contributed by atoms with Gasteiger partial charge in [-0.1, -0.05) is 0 Å². The number of carboxylic acid groups (broad SMARTS) is 1. The highest BCUT2D eigenvalue weighted by molar-refractivity contribution is 5.86. The fourth-order valence-electron chi connectivity index (χ4n) is 1.38. The Balaban J connectivity index is 2.67. The first-order valence-electron chi connectivity index (χ1n) is 6.23. The van der Waals surface area contributed by atoms with Crippen LogP contribution in [0.1, 0.15) is 20.8 Å². The number of aliphatic hydroxyl groups is 1. The highest BCUT2D eigenvalue weighted by Gasteiger charge is 2.35. The van der Waals surface area contributed by atoms with E-state index < -0.39 is 35.4 Å². The molecule has 6 nitrogen and oxygen atoms in total. The average molecular weight is 299 g/mol. The second kappa shape index (κ2) is 6.09. The average Bonchev–Trinajstić information content (AvgIpc) is 2.38. The van der Waals surface area contributed by atoms with Crippen LogP contribution in [0.2, 0.25) is 0 Å². The predicted octanol–water partition coefficient (Wildman–Crippen LogP) is 0.935. The summed E-state index contributed by atoms with van der Waals surface area (Å²) in [6.07, 6.45) is 0. The first kappa shape index (κ1) is 16.9. The summed E-state index contributed by atoms with van der Waals surface area (Å²) in [6, 6.07) is 5.13. The topological polar surface area (TPSA) is 95.9 Å². The fraction of sp³-hybridized carbons (Fsp3) is 0.429. The Labute approximate surface area is 121 Å². The summed E-state index contributed by atoms with van der Waals surface area (Å²) in [5.41, 5.74) is -3.38. The highest BCUT2D eigenvalue weighted by atomic mass is 19.1. The number of carboxylic acids is 1. The van der Waals surface area contributed by atoms with Crippen LogP contribution in [0.4, 0.5) is 4.39 Å². The summed E-state index contributed by atoms with van der Waals surface area (Å²) in [5, 5.41) is 20.6. The smallest absolute Gasteiger partial charge is 0.337 e. The van der Waals surface area contributed by atoms with Gasteiger partial charge >= 0.3 is 5.97 Å². The second-order valence-electron chi connectivity index (χ2n) is 5.33. The first-order chi connectivity index (χ1) is 9.54. The van der Waals surface area contributed by atoms with Crippen molar-refractivity contribution in [1.82, 2.24) is 5.32 Å². The van der Waals surface area contributed by atoms with Gasteiger partial charge < -0.3 is 20.3 Å². The Morgan fingerprint density at radius 2 is 1.76 bits per heavy atom. The summed E-state index contributed by atoms with van der Waals surface area (Å²) < 4.78 is 18.2. The summed E-state index contributed by atoms with van der Waals surface area (Å²) in [7, 11) is 0. The number of ether oxygens (including phenoxy) is 1. The van der Waals surface area contributed by atoms with Crippen LogP contribution in [0, 0.1) is 5.82 Å². The highest BCUT2D eigenvalue weighted by Crippen LogP contribution is 2.19. The van der Waals surface area contributed by atoms with Gasteiger partial charge in [0.1, 0.15) is 11.6 Å². The maximum atomic E-state index is 12.8. The summed E-state index contributed by atoms with van der Waals surface area (Å²) >= 11 is 0. The predicted molar refractivity (Wildman–Crippen MR) is 72.4 cm³/mol. The number of aliphatic carboxylic acids is 1. The standard InChI is InChI=1S/C14H18FNO5/c1-13(2,21-10-6-4-9(15)5-7-10)11(17)16-8-14(3,20)12(18)19/h4-7,20H,8H2,1-3H3,(H,16,17)(H,18,19). The van der Waals surface area contributed by atoms with E-state index in [0.29, 0.717) is 5.75 Å². The number of amides is 1. The Kier molecular flexibility index (Phi) is 4.90. The van der Waals surface area contributed by atoms with E-state index in [1.807, 2.05) is 0 Å². The number of benzene rings is 1. The minimum atomic E-state index is -2.07. The van der Waals surface area contributed by atoms with Crippen molar-refractivity contribution in [3.05, 3.63) is 30.1 Å². The molecule has 0 saturated heterocycles. The molecule has 21 heavy (non-hydrogen) atoms. The Morgan fingerprint density at radius 1 is 1.24 bits per heavy atom. The van der Waals surface area contributed by atoms with Crippen molar-refractivity contribution in [1.29, 1.82) is 0 Å². The van der Waals surface area contributed by atoms with Gasteiger partial charge in [-0.05, 0) is 45.0 Å². The molecule has 0 radical (unpaired) electrons. The van der Waals surface area contributed by atoms with Crippen LogP contribution in [0.5, 0.6) is 5.75 Å². The van der Waals surface area contributed by atoms with Crippen LogP contribution in [-0.2, 0) is 9.59 Å². The van der Waals surface area contributed by atoms with Crippen molar-refractivity contribution in [2.75, 3.05) is 6.54 Å². The van der Waals surface area contributed by atoms with Gasteiger partial charge in [-0.3, -0.25) is 4.79 Å². The zero-order valence-corrected chi connectivity index (χ0v) is 12.0. The van der Waals surface area contributed by atoms with Gasteiger partial charge in [0.05, 0.1) is 6.54 Å². The normalized spacial score (nSPS) is 14.1. The van der Waals surface area contributed by atoms with Crippen LogP contribution in [0.15, 0.2) is 24.3 Å². The number of hydrogen-bond acceptors (Lipinski definition) is 4. The van der Waals surface area contributed by atoms with Crippen molar-refractivity contribution in [2.24, 2.45) is 0 Å². The van der Waals surface area contributed by atoms with E-state index >= 15 is 0 Å². The number of nitrogens with one attached hydrogen (secondary N) is 1. The van der Waals surface area contributed by atoms with Gasteiger partial charge in [0, 0.05) is 0 Å². The Hall–Kier alpha value is -2.15. The molecule has 0 aliphatic rings. The number of carbonyl (C=O) groups is 2. The van der Waals surface area contributed by atoms with E-state index in [0.717, 1.165) is 6.92 Å². The number of rotatable bonds is 6. The molecule has 0 spiro atoms. The maximum Gasteiger partial charge on any atom is 0.337 e. The van der Waals surface area contributed by atoms with Crippen molar-refractivity contribution in [3.8, 4) is 5.75 Å². The minimum absolute atomic E-state index is 0.293. The fourth-order valence-corrected chi connectivity index (χ4v) is 1.38. The van der Waals surface area contributed by atoms with E-state index in [1.165, 1.54) is 38.1 Å². The van der Waals surface area contributed by atoms with Gasteiger partial charge in [0.25, 0.3) is 5.91 Å². The monoisotopic (exact) mass is 299 g/mol. The molecule has 1 aromatic carbocycles. The van der Waals surface area contributed by atoms with Gasteiger partial charge in [-0.15, -0.1) is 0 Å². The number of halogens is 1. The number of carbonyl (C=O) groups excluding carboxylic acids is 1. The van der Waals surface area contributed by atoms with Crippen molar-refractivity contribution in [3.63, 3.8) is 0 Å². The third-order valence-electron chi connectivity index (χ3n) is 2.79. The van der Waals surface area contributed by atoms with E-state index in [9.17, 15) is 19.1 Å². The molecular weight excluding hydrogens is 281 g/mol. The zero-order valence-electron chi connectivity index (χ0n) is 12.0. The minimum Gasteiger partial charge on any atom is -0.479 e. The van der Waals surface area contributed by atoms with Crippen molar-refractivity contribution >= 4 is 11.9 Å². The lowest BCUT2D eigenvalue weighted by Gasteiger charge is -2.27. The molecular formula is C14H18FNO5. The molecule has 0 heterocycles. The molecule has 116 valence electrons. The molecule has 0 fully saturated rings. The van der Waals surface area contributed by atoms with Crippen LogP contribution in [0.25, 0.3) is 0 Å². The van der Waals surface area contributed by atoms with Crippen molar-refractivity contribution < 1.29 is 28.9 Å². The molecule has 3 N–H and O–H groups in total. The van der Waals surface area contributed by atoms with E-state index in [4.69, 9.17) is 9.84 Å². The largest absolute Gasteiger partial charge is 0.479 e. The molecule has 1 aromatic rings. The summed E-state index contributed by atoms with van der Waals surface area (Å²) in [6.45, 7) is 3.56. The summed E-state index contributed by atoms with van der Waals surface area (Å²) in [5.74, 6) is -2.18. The quantitative estimate of drug-likeness (QED) is 0.726. The van der Waals surface area contributed by atoms with Crippen LogP contribution in [-0.4, -0.2) is 39.8 Å². The summed E-state index contributed by atoms with van der Waals surface area (Å²) in [4.78, 5) is 22.7. The van der Waals surface area contributed by atoms with Gasteiger partial charge in [0.15, 0.2) is 11.2 Å². The molecule has 0 aliphatic heterocycles. The molecule has 1 amide bonds. The molecule has 1 unspecified atom stereocenters. The van der Waals surface area contributed by atoms with Crippen molar-refractivity contribution in [2.45, 2.75) is 32.0 Å². The second-order valence-corrected chi connectivity index (χ2v) is 5.33. The zero-order chi connectivity index (χ0) is 16.3. The Bertz CT molecular complexity index is 525. The van der Waals surface area contributed by atoms with Gasteiger partial charge in [-0.2, -0.15) is 0 Å². The third-order valence-corrected chi connectivity index (χ3v) is 2.79. The molecule has 0 aliphatic carbocycles. The lowest BCUT2D eigenvalue weighted by molar-refractivity contribution is -0.156. The number of hydrogen-bond donors (Lipinski definition) is 3. The maximum absolute atomic E-state index is 12.8. The molecule has 0 bridgehead atoms. The molecule has 0 saturated carbocycles. The van der Waals surface area contributed by atoms with E-state index in [-0.39, 0.29) is 0 Å². The van der Waals surface area contributed by atoms with Gasteiger partial charge in [0.2, 0.25) is 0 Å². The SMILES string of the molecule is CC(O)(CNC(=O)C(C)(C)Oc1ccc(F)cc1)C(=O)O. The van der Waals surface area contributed by atoms with Crippen LogP contribution >= 0.6 is 0 Å². The molecule has 7 heteroatoms. The molecule has 0 aromatic heterocycles. The lowest BCUT2D eigenvalue weighted by Crippen LogP contribution is -2.53. The molecule has 1 rings (SSSR count). The lowest BCUT2D eigenvalue weighted by atomic mass is 10.1. The van der Waals surface area contributed by atoms with E-state index in [2.05, 4.69) is 5.32 Å². The van der Waals surface area contributed by atoms with Gasteiger partial charge in [-0.25, -0.2) is 9.18 Å². The van der Waals surface area contributed by atoms with Crippen LogP contribution in [0.3, 0.4) is 0 Å². The van der Waals surface area contributed by atoms with E-state index in [1.54, 1.807) is 0 Å². The van der Waals surface area contributed by atoms with Crippen LogP contribution < -0.4 is 10.1 Å². The Morgan fingerprint density at radius 3 is 2.24 bits per heavy atom. The third kappa shape index (κ3) is 4.71. The molecule has 1 atom stereocenters.